The first-order valence-electron chi connectivity index (χ1n) is 10.6. The summed E-state index contributed by atoms with van der Waals surface area (Å²) < 4.78 is 0. The van der Waals surface area contributed by atoms with Crippen molar-refractivity contribution in [2.45, 2.75) is 38.6 Å². The summed E-state index contributed by atoms with van der Waals surface area (Å²) in [5.41, 5.74) is 2.45. The highest BCUT2D eigenvalue weighted by molar-refractivity contribution is 6.34. The lowest BCUT2D eigenvalue weighted by Gasteiger charge is -2.37. The van der Waals surface area contributed by atoms with E-state index in [0.717, 1.165) is 38.9 Å². The molecule has 7 heteroatoms. The van der Waals surface area contributed by atoms with E-state index >= 15 is 0 Å². The van der Waals surface area contributed by atoms with Gasteiger partial charge in [-0.2, -0.15) is 0 Å². The molecule has 0 unspecified atom stereocenters. The maximum atomic E-state index is 12.9. The first-order chi connectivity index (χ1) is 14.5. The van der Waals surface area contributed by atoms with E-state index in [1.807, 2.05) is 11.0 Å². The quantitative estimate of drug-likeness (QED) is 0.635. The molecule has 1 heterocycles. The van der Waals surface area contributed by atoms with Crippen molar-refractivity contribution in [1.82, 2.24) is 9.80 Å². The van der Waals surface area contributed by atoms with E-state index in [9.17, 15) is 9.59 Å². The van der Waals surface area contributed by atoms with Crippen molar-refractivity contribution in [2.75, 3.05) is 32.0 Å². The fraction of sp³-hybridized carbons (Fsp3) is 0.417. The summed E-state index contributed by atoms with van der Waals surface area (Å²) in [5, 5.41) is 3.14. The van der Waals surface area contributed by atoms with Gasteiger partial charge in [0.15, 0.2) is 0 Å². The number of rotatable bonds is 7. The molecule has 1 aliphatic rings. The van der Waals surface area contributed by atoms with Crippen LogP contribution < -0.4 is 5.32 Å². The molecule has 0 spiro atoms. The van der Waals surface area contributed by atoms with Crippen LogP contribution in [0.2, 0.25) is 5.02 Å². The third kappa shape index (κ3) is 6.96. The van der Waals surface area contributed by atoms with Gasteiger partial charge in [-0.3, -0.25) is 9.59 Å². The summed E-state index contributed by atoms with van der Waals surface area (Å²) in [6, 6.07) is 16.1. The number of likely N-dealkylation sites (tertiary alicyclic amines) is 1. The van der Waals surface area contributed by atoms with E-state index < -0.39 is 0 Å². The number of halogens is 2. The topological polar surface area (TPSA) is 52.7 Å². The molecule has 2 amide bonds. The van der Waals surface area contributed by atoms with Crippen LogP contribution in [0, 0.1) is 0 Å². The predicted molar refractivity (Wildman–Crippen MR) is 129 cm³/mol. The summed E-state index contributed by atoms with van der Waals surface area (Å²) >= 11 is 6.34. The van der Waals surface area contributed by atoms with E-state index in [2.05, 4.69) is 41.5 Å². The van der Waals surface area contributed by atoms with Gasteiger partial charge in [-0.15, -0.1) is 12.4 Å². The molecule has 0 atom stereocenters. The maximum Gasteiger partial charge on any atom is 0.255 e. The number of carbonyl (C=O) groups is 2. The molecular formula is C24H31Cl2N3O2. The molecule has 0 aromatic heterocycles. The van der Waals surface area contributed by atoms with Crippen LogP contribution in [0.15, 0.2) is 48.5 Å². The second-order valence-electron chi connectivity index (χ2n) is 7.84. The van der Waals surface area contributed by atoms with Crippen molar-refractivity contribution in [3.8, 4) is 0 Å². The molecule has 168 valence electrons. The Morgan fingerprint density at radius 3 is 2.42 bits per heavy atom. The Balaban J connectivity index is 0.00000341. The minimum Gasteiger partial charge on any atom is -0.338 e. The Hall–Kier alpha value is -2.08. The number of likely N-dealkylation sites (N-methyl/N-ethyl adjacent to an activating group) is 1. The molecule has 0 aliphatic carbocycles. The largest absolute Gasteiger partial charge is 0.338 e. The van der Waals surface area contributed by atoms with Gasteiger partial charge in [0.25, 0.3) is 5.91 Å². The van der Waals surface area contributed by atoms with Gasteiger partial charge in [-0.25, -0.2) is 0 Å². The number of piperidine rings is 1. The Morgan fingerprint density at radius 2 is 1.81 bits per heavy atom. The van der Waals surface area contributed by atoms with Gasteiger partial charge < -0.3 is 15.1 Å². The number of nitrogens with zero attached hydrogens (tertiary/aromatic N) is 2. The SMILES string of the molecule is CCC(=O)Nc1ccc(C(=O)N2CCC(N(C)CCc3ccccc3)CC2)c(Cl)c1.Cl. The van der Waals surface area contributed by atoms with Crippen molar-refractivity contribution < 1.29 is 9.59 Å². The van der Waals surface area contributed by atoms with Gasteiger partial charge in [0.05, 0.1) is 10.6 Å². The Morgan fingerprint density at radius 1 is 1.13 bits per heavy atom. The Kier molecular flexibility index (Phi) is 9.82. The van der Waals surface area contributed by atoms with Crippen molar-refractivity contribution in [2.24, 2.45) is 0 Å². The van der Waals surface area contributed by atoms with Crippen LogP contribution in [0.4, 0.5) is 5.69 Å². The van der Waals surface area contributed by atoms with Gasteiger partial charge in [-0.1, -0.05) is 48.9 Å². The maximum absolute atomic E-state index is 12.9. The van der Waals surface area contributed by atoms with Crippen molar-refractivity contribution >= 4 is 41.5 Å². The van der Waals surface area contributed by atoms with Crippen LogP contribution in [-0.4, -0.2) is 54.3 Å². The summed E-state index contributed by atoms with van der Waals surface area (Å²) in [5.74, 6) is -0.123. The number of benzene rings is 2. The third-order valence-corrected chi connectivity index (χ3v) is 6.09. The van der Waals surface area contributed by atoms with Crippen LogP contribution in [0.3, 0.4) is 0 Å². The molecule has 2 aromatic rings. The van der Waals surface area contributed by atoms with Gasteiger partial charge in [0.1, 0.15) is 0 Å². The molecule has 3 rings (SSSR count). The Labute approximate surface area is 196 Å². The highest BCUT2D eigenvalue weighted by Crippen LogP contribution is 2.25. The number of hydrogen-bond donors (Lipinski definition) is 1. The van der Waals surface area contributed by atoms with E-state index in [1.54, 1.807) is 25.1 Å². The van der Waals surface area contributed by atoms with E-state index in [-0.39, 0.29) is 24.2 Å². The standard InChI is InChI=1S/C24H30ClN3O2.ClH/c1-3-23(29)26-19-9-10-21(22(25)17-19)24(30)28-15-12-20(13-16-28)27(2)14-11-18-7-5-4-6-8-18;/h4-10,17,20H,3,11-16H2,1-2H3,(H,26,29);1H. The number of anilines is 1. The molecule has 0 bridgehead atoms. The normalized spacial score (nSPS) is 14.3. The zero-order valence-electron chi connectivity index (χ0n) is 18.1. The molecule has 2 aromatic carbocycles. The van der Waals surface area contributed by atoms with Crippen LogP contribution >= 0.6 is 24.0 Å². The van der Waals surface area contributed by atoms with Crippen LogP contribution in [-0.2, 0) is 11.2 Å². The fourth-order valence-electron chi connectivity index (χ4n) is 3.83. The lowest BCUT2D eigenvalue weighted by atomic mass is 10.0. The smallest absolute Gasteiger partial charge is 0.255 e. The van der Waals surface area contributed by atoms with Crippen LogP contribution in [0.5, 0.6) is 0 Å². The Bertz CT molecular complexity index is 868. The highest BCUT2D eigenvalue weighted by Gasteiger charge is 2.26. The molecular weight excluding hydrogens is 433 g/mol. The van der Waals surface area contributed by atoms with Gasteiger partial charge in [0, 0.05) is 37.8 Å². The highest BCUT2D eigenvalue weighted by atomic mass is 35.5. The lowest BCUT2D eigenvalue weighted by molar-refractivity contribution is -0.115. The van der Waals surface area contributed by atoms with Crippen molar-refractivity contribution in [3.05, 3.63) is 64.7 Å². The third-order valence-electron chi connectivity index (χ3n) is 5.78. The molecule has 0 radical (unpaired) electrons. The predicted octanol–water partition coefficient (Wildman–Crippen LogP) is 4.89. The van der Waals surface area contributed by atoms with Crippen molar-refractivity contribution in [3.63, 3.8) is 0 Å². The zero-order valence-corrected chi connectivity index (χ0v) is 19.7. The van der Waals surface area contributed by atoms with E-state index in [4.69, 9.17) is 11.6 Å². The molecule has 1 fully saturated rings. The monoisotopic (exact) mass is 463 g/mol. The minimum absolute atomic E-state index is 0. The lowest BCUT2D eigenvalue weighted by Crippen LogP contribution is -2.46. The van der Waals surface area contributed by atoms with Gasteiger partial charge in [0.2, 0.25) is 5.91 Å². The minimum atomic E-state index is -0.0800. The van der Waals surface area contributed by atoms with E-state index in [1.165, 1.54) is 5.56 Å². The summed E-state index contributed by atoms with van der Waals surface area (Å²) in [7, 11) is 2.17. The summed E-state index contributed by atoms with van der Waals surface area (Å²) in [6.07, 6.45) is 3.35. The fourth-order valence-corrected chi connectivity index (χ4v) is 4.09. The number of hydrogen-bond acceptors (Lipinski definition) is 3. The average molecular weight is 464 g/mol. The second kappa shape index (κ2) is 12.1. The first-order valence-corrected chi connectivity index (χ1v) is 11.0. The first kappa shape index (κ1) is 25.2. The molecule has 5 nitrogen and oxygen atoms in total. The average Bonchev–Trinajstić information content (AvgIpc) is 2.78. The number of nitrogens with one attached hydrogen (secondary N) is 1. The molecule has 1 aliphatic heterocycles. The molecule has 1 saturated heterocycles. The molecule has 31 heavy (non-hydrogen) atoms. The number of carbonyl (C=O) groups excluding carboxylic acids is 2. The van der Waals surface area contributed by atoms with E-state index in [0.29, 0.717) is 28.7 Å². The van der Waals surface area contributed by atoms with Crippen molar-refractivity contribution in [1.29, 1.82) is 0 Å². The van der Waals surface area contributed by atoms with Crippen LogP contribution in [0.1, 0.15) is 42.1 Å². The summed E-state index contributed by atoms with van der Waals surface area (Å²) in [4.78, 5) is 28.8. The van der Waals surface area contributed by atoms with Gasteiger partial charge >= 0.3 is 0 Å². The van der Waals surface area contributed by atoms with Gasteiger partial charge in [-0.05, 0) is 50.1 Å². The molecule has 1 N–H and O–H groups in total. The zero-order chi connectivity index (χ0) is 21.5. The number of amides is 2. The second-order valence-corrected chi connectivity index (χ2v) is 8.24. The van der Waals surface area contributed by atoms with Crippen LogP contribution in [0.25, 0.3) is 0 Å². The molecule has 0 saturated carbocycles. The summed E-state index contributed by atoms with van der Waals surface area (Å²) in [6.45, 7) is 4.25.